The molecule has 0 unspecified atom stereocenters. The Bertz CT molecular complexity index is 793. The van der Waals surface area contributed by atoms with E-state index in [9.17, 15) is 0 Å². The molecular formula is C18H20N2O2. The molecule has 0 spiro atoms. The molecule has 2 aromatic carbocycles. The topological polar surface area (TPSA) is 49.4 Å². The molecule has 1 aromatic heterocycles. The number of hydrogen-bond donors (Lipinski definition) is 1. The first-order valence-electron chi connectivity index (χ1n) is 7.26. The lowest BCUT2D eigenvalue weighted by Crippen LogP contribution is -2.05. The van der Waals surface area contributed by atoms with E-state index in [-0.39, 0.29) is 0 Å². The van der Waals surface area contributed by atoms with Crippen molar-refractivity contribution in [2.75, 3.05) is 7.11 Å². The van der Waals surface area contributed by atoms with Gasteiger partial charge in [-0.15, -0.1) is 0 Å². The highest BCUT2D eigenvalue weighted by molar-refractivity contribution is 5.84. The highest BCUT2D eigenvalue weighted by Crippen LogP contribution is 2.28. The van der Waals surface area contributed by atoms with Gasteiger partial charge in [-0.3, -0.25) is 0 Å². The Morgan fingerprint density at radius 2 is 1.82 bits per heavy atom. The molecule has 0 amide bonds. The van der Waals surface area contributed by atoms with Crippen molar-refractivity contribution in [3.8, 4) is 11.5 Å². The van der Waals surface area contributed by atoms with E-state index in [1.807, 2.05) is 37.4 Å². The molecule has 0 saturated heterocycles. The summed E-state index contributed by atoms with van der Waals surface area (Å²) in [6, 6.07) is 16.0. The number of benzene rings is 2. The molecule has 2 N–H and O–H groups in total. The molecule has 4 heteroatoms. The van der Waals surface area contributed by atoms with Crippen LogP contribution in [0.3, 0.4) is 0 Å². The summed E-state index contributed by atoms with van der Waals surface area (Å²) in [4.78, 5) is 0. The molecule has 1 heterocycles. The van der Waals surface area contributed by atoms with Crippen LogP contribution in [-0.2, 0) is 20.2 Å². The smallest absolute Gasteiger partial charge is 0.161 e. The minimum Gasteiger partial charge on any atom is -0.493 e. The van der Waals surface area contributed by atoms with Crippen LogP contribution in [0.1, 0.15) is 11.3 Å². The predicted octanol–water partition coefficient (Wildman–Crippen LogP) is 3.22. The minimum atomic E-state index is 0.482. The van der Waals surface area contributed by atoms with Gasteiger partial charge in [-0.25, -0.2) is 0 Å². The van der Waals surface area contributed by atoms with Gasteiger partial charge >= 0.3 is 0 Å². The standard InChI is InChI=1S/C18H20N2O2/c1-20-15(10-13-6-5-7-14(11-19)18(13)20)12-22-17-9-4-3-8-16(17)21-2/h3-10H,11-12,19H2,1-2H3. The van der Waals surface area contributed by atoms with Crippen LogP contribution < -0.4 is 15.2 Å². The van der Waals surface area contributed by atoms with Crippen molar-refractivity contribution in [3.63, 3.8) is 0 Å². The van der Waals surface area contributed by atoms with Gasteiger partial charge in [0.2, 0.25) is 0 Å². The summed E-state index contributed by atoms with van der Waals surface area (Å²) in [5.74, 6) is 1.48. The van der Waals surface area contributed by atoms with Gasteiger partial charge in [0.1, 0.15) is 6.61 Å². The lowest BCUT2D eigenvalue weighted by atomic mass is 10.1. The van der Waals surface area contributed by atoms with Gasteiger partial charge in [-0.2, -0.15) is 0 Å². The van der Waals surface area contributed by atoms with Crippen LogP contribution in [0, 0.1) is 0 Å². The van der Waals surface area contributed by atoms with Crippen molar-refractivity contribution in [1.82, 2.24) is 4.57 Å². The van der Waals surface area contributed by atoms with E-state index in [0.717, 1.165) is 22.8 Å². The number of ether oxygens (including phenoxy) is 2. The summed E-state index contributed by atoms with van der Waals surface area (Å²) in [5, 5.41) is 1.18. The van der Waals surface area contributed by atoms with Crippen LogP contribution in [0.25, 0.3) is 10.9 Å². The SMILES string of the molecule is COc1ccccc1OCc1cc2cccc(CN)c2n1C. The molecule has 0 bridgehead atoms. The summed E-state index contributed by atoms with van der Waals surface area (Å²) >= 11 is 0. The second-order valence-corrected chi connectivity index (χ2v) is 5.19. The fourth-order valence-corrected chi connectivity index (χ4v) is 2.75. The Morgan fingerprint density at radius 1 is 1.05 bits per heavy atom. The first kappa shape index (κ1) is 14.5. The summed E-state index contributed by atoms with van der Waals surface area (Å²) in [5.41, 5.74) is 9.25. The van der Waals surface area contributed by atoms with Gasteiger partial charge in [-0.05, 0) is 23.8 Å². The third-order valence-electron chi connectivity index (χ3n) is 3.90. The van der Waals surface area contributed by atoms with Gasteiger partial charge in [-0.1, -0.05) is 30.3 Å². The number of para-hydroxylation sites is 3. The zero-order valence-electron chi connectivity index (χ0n) is 12.9. The molecule has 0 fully saturated rings. The quantitative estimate of drug-likeness (QED) is 0.786. The number of fused-ring (bicyclic) bond motifs is 1. The molecule has 22 heavy (non-hydrogen) atoms. The van der Waals surface area contributed by atoms with Gasteiger partial charge in [0.05, 0.1) is 18.3 Å². The lowest BCUT2D eigenvalue weighted by Gasteiger charge is -2.11. The zero-order chi connectivity index (χ0) is 15.5. The van der Waals surface area contributed by atoms with E-state index in [1.54, 1.807) is 7.11 Å². The third kappa shape index (κ3) is 2.53. The fourth-order valence-electron chi connectivity index (χ4n) is 2.75. The second-order valence-electron chi connectivity index (χ2n) is 5.19. The molecule has 4 nitrogen and oxygen atoms in total. The van der Waals surface area contributed by atoms with E-state index < -0.39 is 0 Å². The summed E-state index contributed by atoms with van der Waals surface area (Å²) in [6.07, 6.45) is 0. The number of aromatic nitrogens is 1. The first-order chi connectivity index (χ1) is 10.7. The van der Waals surface area contributed by atoms with Gasteiger partial charge in [0.15, 0.2) is 11.5 Å². The van der Waals surface area contributed by atoms with E-state index >= 15 is 0 Å². The monoisotopic (exact) mass is 296 g/mol. The van der Waals surface area contributed by atoms with Crippen molar-refractivity contribution in [1.29, 1.82) is 0 Å². The highest BCUT2D eigenvalue weighted by Gasteiger charge is 2.10. The average Bonchev–Trinajstić information content (AvgIpc) is 2.89. The maximum absolute atomic E-state index is 5.92. The average molecular weight is 296 g/mol. The van der Waals surface area contributed by atoms with Crippen LogP contribution in [0.15, 0.2) is 48.5 Å². The molecule has 114 valence electrons. The Morgan fingerprint density at radius 3 is 2.55 bits per heavy atom. The fraction of sp³-hybridized carbons (Fsp3) is 0.222. The molecular weight excluding hydrogens is 276 g/mol. The molecule has 0 atom stereocenters. The van der Waals surface area contributed by atoms with Gasteiger partial charge in [0.25, 0.3) is 0 Å². The first-order valence-corrected chi connectivity index (χ1v) is 7.26. The zero-order valence-corrected chi connectivity index (χ0v) is 12.9. The van der Waals surface area contributed by atoms with Crippen molar-refractivity contribution in [3.05, 3.63) is 59.8 Å². The van der Waals surface area contributed by atoms with E-state index in [0.29, 0.717) is 13.2 Å². The molecule has 0 aliphatic carbocycles. The van der Waals surface area contributed by atoms with E-state index in [2.05, 4.69) is 22.8 Å². The molecule has 0 saturated carbocycles. The highest BCUT2D eigenvalue weighted by atomic mass is 16.5. The van der Waals surface area contributed by atoms with E-state index in [1.165, 1.54) is 10.9 Å². The van der Waals surface area contributed by atoms with Crippen molar-refractivity contribution in [2.24, 2.45) is 12.8 Å². The number of methoxy groups -OCH3 is 1. The van der Waals surface area contributed by atoms with Crippen molar-refractivity contribution >= 4 is 10.9 Å². The maximum Gasteiger partial charge on any atom is 0.161 e. The number of aryl methyl sites for hydroxylation is 1. The Balaban J connectivity index is 1.90. The summed E-state index contributed by atoms with van der Waals surface area (Å²) in [6.45, 7) is 1.01. The van der Waals surface area contributed by atoms with Crippen LogP contribution in [0.4, 0.5) is 0 Å². The predicted molar refractivity (Wildman–Crippen MR) is 88.1 cm³/mol. The van der Waals surface area contributed by atoms with Gasteiger partial charge < -0.3 is 19.8 Å². The van der Waals surface area contributed by atoms with Crippen molar-refractivity contribution in [2.45, 2.75) is 13.2 Å². The minimum absolute atomic E-state index is 0.482. The number of nitrogens with zero attached hydrogens (tertiary/aromatic N) is 1. The number of nitrogens with two attached hydrogens (primary N) is 1. The Kier molecular flexibility index (Phi) is 4.02. The van der Waals surface area contributed by atoms with Crippen LogP contribution in [0.5, 0.6) is 11.5 Å². The molecule has 3 aromatic rings. The van der Waals surface area contributed by atoms with Gasteiger partial charge in [0, 0.05) is 19.0 Å². The summed E-state index contributed by atoms with van der Waals surface area (Å²) in [7, 11) is 3.69. The molecule has 0 aliphatic rings. The summed E-state index contributed by atoms with van der Waals surface area (Å²) < 4.78 is 13.4. The largest absolute Gasteiger partial charge is 0.493 e. The van der Waals surface area contributed by atoms with Crippen LogP contribution >= 0.6 is 0 Å². The molecule has 0 radical (unpaired) electrons. The van der Waals surface area contributed by atoms with E-state index in [4.69, 9.17) is 15.2 Å². The normalized spacial score (nSPS) is 10.9. The Labute approximate surface area is 130 Å². The number of rotatable bonds is 5. The second kappa shape index (κ2) is 6.12. The lowest BCUT2D eigenvalue weighted by molar-refractivity contribution is 0.278. The maximum atomic E-state index is 5.92. The van der Waals surface area contributed by atoms with Crippen LogP contribution in [-0.4, -0.2) is 11.7 Å². The van der Waals surface area contributed by atoms with Crippen LogP contribution in [0.2, 0.25) is 0 Å². The van der Waals surface area contributed by atoms with Crippen molar-refractivity contribution < 1.29 is 9.47 Å². The number of hydrogen-bond acceptors (Lipinski definition) is 3. The molecule has 3 rings (SSSR count). The Hall–Kier alpha value is -2.46. The molecule has 0 aliphatic heterocycles. The third-order valence-corrected chi connectivity index (χ3v) is 3.90.